The van der Waals surface area contributed by atoms with E-state index in [1.54, 1.807) is 15.6 Å². The number of aromatic nitrogens is 2. The number of fused-ring (bicyclic) bond motifs is 1. The molecule has 9 heteroatoms. The highest BCUT2D eigenvalue weighted by Crippen LogP contribution is 2.39. The van der Waals surface area contributed by atoms with Crippen LogP contribution in [0.15, 0.2) is 83.9 Å². The van der Waals surface area contributed by atoms with Gasteiger partial charge in [0.15, 0.2) is 11.5 Å². The van der Waals surface area contributed by atoms with Crippen molar-refractivity contribution in [2.45, 2.75) is 6.54 Å². The number of carbonyl (C=O) groups excluding carboxylic acids is 1. The minimum absolute atomic E-state index is 0.158. The molecule has 2 aliphatic rings. The number of hydrogen-bond donors (Lipinski definition) is 0. The van der Waals surface area contributed by atoms with Gasteiger partial charge in [0.25, 0.3) is 5.91 Å². The van der Waals surface area contributed by atoms with Gasteiger partial charge in [-0.3, -0.25) is 9.69 Å². The van der Waals surface area contributed by atoms with E-state index in [1.165, 1.54) is 11.8 Å². The average molecular weight is 532 g/mol. The van der Waals surface area contributed by atoms with Gasteiger partial charge in [0.05, 0.1) is 17.1 Å². The molecule has 0 N–H and O–H groups in total. The SMILES string of the molecule is O=C1/C(=C/c2cn(-c3ccccc3)nc2-c2ccc3c(c2)OCO3)SC(=S)N1Cc1ccccc1Cl. The summed E-state index contributed by atoms with van der Waals surface area (Å²) in [5.41, 5.74) is 4.11. The first-order valence-corrected chi connectivity index (χ1v) is 12.7. The Morgan fingerprint density at radius 1 is 1.03 bits per heavy atom. The number of rotatable bonds is 5. The predicted molar refractivity (Wildman–Crippen MR) is 145 cm³/mol. The first kappa shape index (κ1) is 22.8. The highest BCUT2D eigenvalue weighted by Gasteiger charge is 2.33. The number of ether oxygens (including phenoxy) is 2. The number of thioether (sulfide) groups is 1. The fraction of sp³-hybridized carbons (Fsp3) is 0.0741. The molecule has 3 aromatic carbocycles. The summed E-state index contributed by atoms with van der Waals surface area (Å²) in [6.45, 7) is 0.512. The molecule has 0 saturated carbocycles. The number of benzene rings is 3. The number of nitrogens with zero attached hydrogens (tertiary/aromatic N) is 3. The van der Waals surface area contributed by atoms with Crippen molar-refractivity contribution in [1.29, 1.82) is 0 Å². The van der Waals surface area contributed by atoms with E-state index >= 15 is 0 Å². The van der Waals surface area contributed by atoms with Crippen LogP contribution in [0.4, 0.5) is 0 Å². The Kier molecular flexibility index (Phi) is 6.00. The standard InChI is InChI=1S/C27H18ClN3O3S2/c28-21-9-5-4-6-18(21)14-30-26(32)24(36-27(30)35)13-19-15-31(20-7-2-1-3-8-20)29-25(19)17-10-11-22-23(12-17)34-16-33-22/h1-13,15H,14,16H2/b24-13-. The van der Waals surface area contributed by atoms with Crippen molar-refractivity contribution in [3.8, 4) is 28.4 Å². The Hall–Kier alpha value is -3.59. The Balaban J connectivity index is 1.39. The quantitative estimate of drug-likeness (QED) is 0.222. The van der Waals surface area contributed by atoms with Crippen LogP contribution in [0.1, 0.15) is 11.1 Å². The Bertz CT molecular complexity index is 1530. The highest BCUT2D eigenvalue weighted by atomic mass is 35.5. The summed E-state index contributed by atoms with van der Waals surface area (Å²) in [6.07, 6.45) is 3.76. The minimum Gasteiger partial charge on any atom is -0.454 e. The van der Waals surface area contributed by atoms with Crippen LogP contribution in [0.2, 0.25) is 5.02 Å². The van der Waals surface area contributed by atoms with Crippen molar-refractivity contribution in [3.05, 3.63) is 100 Å². The molecule has 6 rings (SSSR count). The lowest BCUT2D eigenvalue weighted by Crippen LogP contribution is -2.27. The number of amides is 1. The summed E-state index contributed by atoms with van der Waals surface area (Å²) < 4.78 is 13.3. The molecule has 4 aromatic rings. The smallest absolute Gasteiger partial charge is 0.266 e. The monoisotopic (exact) mass is 531 g/mol. The predicted octanol–water partition coefficient (Wildman–Crippen LogP) is 6.32. The molecule has 1 amide bonds. The molecule has 2 aliphatic heterocycles. The van der Waals surface area contributed by atoms with Crippen LogP contribution in [0.3, 0.4) is 0 Å². The third kappa shape index (κ3) is 4.28. The molecule has 1 aromatic heterocycles. The second-order valence-electron chi connectivity index (χ2n) is 8.14. The maximum absolute atomic E-state index is 13.4. The van der Waals surface area contributed by atoms with E-state index in [2.05, 4.69) is 0 Å². The largest absolute Gasteiger partial charge is 0.454 e. The van der Waals surface area contributed by atoms with Crippen LogP contribution >= 0.6 is 35.6 Å². The first-order chi connectivity index (χ1) is 17.6. The Morgan fingerprint density at radius 3 is 2.64 bits per heavy atom. The summed E-state index contributed by atoms with van der Waals surface area (Å²) in [5, 5.41) is 5.45. The molecule has 3 heterocycles. The molecule has 6 nitrogen and oxygen atoms in total. The molecule has 0 radical (unpaired) electrons. The van der Waals surface area contributed by atoms with E-state index < -0.39 is 0 Å². The van der Waals surface area contributed by atoms with Crippen molar-refractivity contribution in [1.82, 2.24) is 14.7 Å². The molecular weight excluding hydrogens is 514 g/mol. The van der Waals surface area contributed by atoms with Crippen LogP contribution < -0.4 is 9.47 Å². The summed E-state index contributed by atoms with van der Waals surface area (Å²) in [5.74, 6) is 1.20. The van der Waals surface area contributed by atoms with E-state index in [-0.39, 0.29) is 12.7 Å². The highest BCUT2D eigenvalue weighted by molar-refractivity contribution is 8.26. The number of hydrogen-bond acceptors (Lipinski definition) is 6. The van der Waals surface area contributed by atoms with E-state index in [4.69, 9.17) is 38.4 Å². The summed E-state index contributed by atoms with van der Waals surface area (Å²) in [7, 11) is 0. The lowest BCUT2D eigenvalue weighted by Gasteiger charge is -2.15. The lowest BCUT2D eigenvalue weighted by atomic mass is 10.1. The van der Waals surface area contributed by atoms with E-state index in [1.807, 2.05) is 79.0 Å². The van der Waals surface area contributed by atoms with E-state index in [0.29, 0.717) is 38.0 Å². The van der Waals surface area contributed by atoms with Gasteiger partial charge in [-0.2, -0.15) is 5.10 Å². The van der Waals surface area contributed by atoms with Crippen LogP contribution in [0, 0.1) is 0 Å². The average Bonchev–Trinajstić information content (AvgIpc) is 3.60. The Morgan fingerprint density at radius 2 is 1.81 bits per heavy atom. The normalized spacial score (nSPS) is 15.8. The van der Waals surface area contributed by atoms with Crippen molar-refractivity contribution in [2.75, 3.05) is 6.79 Å². The van der Waals surface area contributed by atoms with Gasteiger partial charge >= 0.3 is 0 Å². The van der Waals surface area contributed by atoms with Crippen molar-refractivity contribution in [2.24, 2.45) is 0 Å². The number of para-hydroxylation sites is 1. The van der Waals surface area contributed by atoms with Gasteiger partial charge in [-0.25, -0.2) is 4.68 Å². The summed E-state index contributed by atoms with van der Waals surface area (Å²) >= 11 is 13.1. The molecule has 0 aliphatic carbocycles. The molecule has 36 heavy (non-hydrogen) atoms. The van der Waals surface area contributed by atoms with Gasteiger partial charge in [0.2, 0.25) is 6.79 Å². The zero-order valence-corrected chi connectivity index (χ0v) is 21.1. The second kappa shape index (κ2) is 9.46. The molecule has 0 bridgehead atoms. The van der Waals surface area contributed by atoms with E-state index in [0.717, 1.165) is 22.4 Å². The molecule has 1 saturated heterocycles. The van der Waals surface area contributed by atoms with Gasteiger partial charge in [-0.15, -0.1) is 0 Å². The second-order valence-corrected chi connectivity index (χ2v) is 10.2. The molecule has 178 valence electrons. The fourth-order valence-electron chi connectivity index (χ4n) is 4.05. The van der Waals surface area contributed by atoms with Gasteiger partial charge in [0, 0.05) is 22.3 Å². The number of carbonyl (C=O) groups is 1. The fourth-order valence-corrected chi connectivity index (χ4v) is 5.49. The van der Waals surface area contributed by atoms with Crippen molar-refractivity contribution in [3.63, 3.8) is 0 Å². The maximum atomic E-state index is 13.4. The summed E-state index contributed by atoms with van der Waals surface area (Å²) in [6, 6.07) is 23.0. The first-order valence-electron chi connectivity index (χ1n) is 11.1. The van der Waals surface area contributed by atoms with Crippen LogP contribution in [-0.2, 0) is 11.3 Å². The maximum Gasteiger partial charge on any atom is 0.266 e. The van der Waals surface area contributed by atoms with E-state index in [9.17, 15) is 4.79 Å². The Labute approximate surface area is 222 Å². The molecule has 0 atom stereocenters. The van der Waals surface area contributed by atoms with Crippen LogP contribution in [-0.4, -0.2) is 31.7 Å². The lowest BCUT2D eigenvalue weighted by molar-refractivity contribution is -0.122. The van der Waals surface area contributed by atoms with Gasteiger partial charge in [-0.05, 0) is 48.0 Å². The van der Waals surface area contributed by atoms with Crippen molar-refractivity contribution < 1.29 is 14.3 Å². The summed E-state index contributed by atoms with van der Waals surface area (Å²) in [4.78, 5) is 15.5. The third-order valence-electron chi connectivity index (χ3n) is 5.86. The van der Waals surface area contributed by atoms with Gasteiger partial charge < -0.3 is 9.47 Å². The topological polar surface area (TPSA) is 56.6 Å². The van der Waals surface area contributed by atoms with Crippen LogP contribution in [0.5, 0.6) is 11.5 Å². The number of halogens is 1. The van der Waals surface area contributed by atoms with Gasteiger partial charge in [-0.1, -0.05) is 72.0 Å². The zero-order chi connectivity index (χ0) is 24.6. The number of thiocarbonyl (C=S) groups is 1. The zero-order valence-electron chi connectivity index (χ0n) is 18.8. The minimum atomic E-state index is -0.158. The molecule has 1 fully saturated rings. The molecule has 0 unspecified atom stereocenters. The van der Waals surface area contributed by atoms with Gasteiger partial charge in [0.1, 0.15) is 10.0 Å². The van der Waals surface area contributed by atoms with Crippen molar-refractivity contribution >= 4 is 51.9 Å². The molecular formula is C27H18ClN3O3S2. The molecule has 0 spiro atoms. The van der Waals surface area contributed by atoms with Crippen LogP contribution in [0.25, 0.3) is 23.0 Å². The third-order valence-corrected chi connectivity index (χ3v) is 7.60.